The van der Waals surface area contributed by atoms with Crippen molar-refractivity contribution < 1.29 is 0 Å². The standard InChI is InChI=1S/C13H23N3/c1-6-8-10(3)14-9-13-11(4)15-16(7-2)12(13)5/h6,10,14H,1,7-9H2,2-5H3. The normalized spacial score (nSPS) is 12.8. The van der Waals surface area contributed by atoms with E-state index in [0.717, 1.165) is 25.2 Å². The lowest BCUT2D eigenvalue weighted by Gasteiger charge is -2.11. The summed E-state index contributed by atoms with van der Waals surface area (Å²) in [7, 11) is 0. The number of nitrogens with zero attached hydrogens (tertiary/aromatic N) is 2. The van der Waals surface area contributed by atoms with Gasteiger partial charge in [0.15, 0.2) is 0 Å². The van der Waals surface area contributed by atoms with Crippen molar-refractivity contribution in [1.29, 1.82) is 0 Å². The Labute approximate surface area is 98.5 Å². The third-order valence-corrected chi connectivity index (χ3v) is 2.98. The summed E-state index contributed by atoms with van der Waals surface area (Å²) in [5.74, 6) is 0. The first-order valence-corrected chi connectivity index (χ1v) is 5.97. The molecule has 1 N–H and O–H groups in total. The van der Waals surface area contributed by atoms with Gasteiger partial charge in [-0.05, 0) is 34.1 Å². The Balaban J connectivity index is 2.66. The number of aromatic nitrogens is 2. The van der Waals surface area contributed by atoms with E-state index >= 15 is 0 Å². The van der Waals surface area contributed by atoms with Crippen LogP contribution in [0, 0.1) is 13.8 Å². The van der Waals surface area contributed by atoms with Crippen LogP contribution in [0.25, 0.3) is 0 Å². The predicted octanol–water partition coefficient (Wildman–Crippen LogP) is 2.57. The smallest absolute Gasteiger partial charge is 0.0641 e. The highest BCUT2D eigenvalue weighted by Gasteiger charge is 2.10. The van der Waals surface area contributed by atoms with E-state index < -0.39 is 0 Å². The molecule has 0 spiro atoms. The second-order valence-corrected chi connectivity index (χ2v) is 4.27. The van der Waals surface area contributed by atoms with Crippen LogP contribution < -0.4 is 5.32 Å². The second-order valence-electron chi connectivity index (χ2n) is 4.27. The Morgan fingerprint density at radius 3 is 2.69 bits per heavy atom. The average Bonchev–Trinajstić information content (AvgIpc) is 2.52. The zero-order valence-electron chi connectivity index (χ0n) is 10.9. The fourth-order valence-corrected chi connectivity index (χ4v) is 1.91. The van der Waals surface area contributed by atoms with Crippen molar-refractivity contribution in [2.75, 3.05) is 0 Å². The van der Waals surface area contributed by atoms with Crippen LogP contribution in [0.3, 0.4) is 0 Å². The predicted molar refractivity (Wildman–Crippen MR) is 68.5 cm³/mol. The molecular weight excluding hydrogens is 198 g/mol. The third-order valence-electron chi connectivity index (χ3n) is 2.98. The SMILES string of the molecule is C=CCC(C)NCc1c(C)nn(CC)c1C. The van der Waals surface area contributed by atoms with E-state index in [1.54, 1.807) is 0 Å². The van der Waals surface area contributed by atoms with Gasteiger partial charge in [0.1, 0.15) is 0 Å². The first-order chi connectivity index (χ1) is 7.60. The van der Waals surface area contributed by atoms with E-state index in [-0.39, 0.29) is 0 Å². The van der Waals surface area contributed by atoms with Crippen LogP contribution in [0.1, 0.15) is 37.2 Å². The minimum absolute atomic E-state index is 0.473. The molecule has 1 heterocycles. The van der Waals surface area contributed by atoms with E-state index in [4.69, 9.17) is 0 Å². The van der Waals surface area contributed by atoms with Gasteiger partial charge in [-0.1, -0.05) is 6.08 Å². The van der Waals surface area contributed by atoms with Crippen LogP contribution in [-0.2, 0) is 13.1 Å². The zero-order chi connectivity index (χ0) is 12.1. The molecule has 3 heteroatoms. The maximum atomic E-state index is 4.51. The molecule has 0 aliphatic heterocycles. The van der Waals surface area contributed by atoms with Crippen LogP contribution in [-0.4, -0.2) is 15.8 Å². The summed E-state index contributed by atoms with van der Waals surface area (Å²) in [6.07, 6.45) is 2.95. The van der Waals surface area contributed by atoms with Gasteiger partial charge in [-0.2, -0.15) is 5.10 Å². The van der Waals surface area contributed by atoms with Crippen molar-refractivity contribution in [3.63, 3.8) is 0 Å². The van der Waals surface area contributed by atoms with E-state index in [9.17, 15) is 0 Å². The lowest BCUT2D eigenvalue weighted by Crippen LogP contribution is -2.25. The summed E-state index contributed by atoms with van der Waals surface area (Å²) < 4.78 is 2.06. The van der Waals surface area contributed by atoms with Gasteiger partial charge in [0.2, 0.25) is 0 Å². The molecule has 16 heavy (non-hydrogen) atoms. The van der Waals surface area contributed by atoms with Crippen molar-refractivity contribution in [2.45, 2.75) is 53.2 Å². The largest absolute Gasteiger partial charge is 0.310 e. The first-order valence-electron chi connectivity index (χ1n) is 5.97. The molecular formula is C13H23N3. The Morgan fingerprint density at radius 2 is 2.19 bits per heavy atom. The monoisotopic (exact) mass is 221 g/mol. The molecule has 0 aliphatic carbocycles. The van der Waals surface area contributed by atoms with Gasteiger partial charge in [0.05, 0.1) is 5.69 Å². The van der Waals surface area contributed by atoms with Crippen molar-refractivity contribution in [1.82, 2.24) is 15.1 Å². The maximum absolute atomic E-state index is 4.51. The quantitative estimate of drug-likeness (QED) is 0.748. The molecule has 1 aromatic heterocycles. The fraction of sp³-hybridized carbons (Fsp3) is 0.615. The molecule has 0 saturated carbocycles. The highest BCUT2D eigenvalue weighted by Crippen LogP contribution is 2.13. The van der Waals surface area contributed by atoms with Gasteiger partial charge in [-0.3, -0.25) is 4.68 Å². The molecule has 3 nitrogen and oxygen atoms in total. The third kappa shape index (κ3) is 2.95. The van der Waals surface area contributed by atoms with Gasteiger partial charge >= 0.3 is 0 Å². The number of hydrogen-bond acceptors (Lipinski definition) is 2. The molecule has 0 saturated heterocycles. The molecule has 1 unspecified atom stereocenters. The molecule has 1 rings (SSSR count). The van der Waals surface area contributed by atoms with Gasteiger partial charge in [0, 0.05) is 30.4 Å². The summed E-state index contributed by atoms with van der Waals surface area (Å²) in [4.78, 5) is 0. The Bertz CT molecular complexity index is 352. The van der Waals surface area contributed by atoms with Gasteiger partial charge in [-0.15, -0.1) is 6.58 Å². The summed E-state index contributed by atoms with van der Waals surface area (Å²) in [5.41, 5.74) is 3.74. The van der Waals surface area contributed by atoms with Crippen molar-refractivity contribution in [3.05, 3.63) is 29.6 Å². The van der Waals surface area contributed by atoms with Crippen molar-refractivity contribution in [2.24, 2.45) is 0 Å². The minimum atomic E-state index is 0.473. The molecule has 0 amide bonds. The average molecular weight is 221 g/mol. The summed E-state index contributed by atoms with van der Waals surface area (Å²) in [6.45, 7) is 14.1. The van der Waals surface area contributed by atoms with E-state index in [0.29, 0.717) is 6.04 Å². The molecule has 0 aliphatic rings. The summed E-state index contributed by atoms with van der Waals surface area (Å²) >= 11 is 0. The first kappa shape index (κ1) is 13.0. The Morgan fingerprint density at radius 1 is 1.50 bits per heavy atom. The van der Waals surface area contributed by atoms with Crippen LogP contribution in [0.5, 0.6) is 0 Å². The summed E-state index contributed by atoms with van der Waals surface area (Å²) in [5, 5.41) is 8.00. The van der Waals surface area contributed by atoms with Crippen molar-refractivity contribution in [3.8, 4) is 0 Å². The number of aryl methyl sites for hydroxylation is 2. The lowest BCUT2D eigenvalue weighted by molar-refractivity contribution is 0.550. The molecule has 1 atom stereocenters. The molecule has 0 radical (unpaired) electrons. The second kappa shape index (κ2) is 5.85. The zero-order valence-corrected chi connectivity index (χ0v) is 10.9. The number of nitrogens with one attached hydrogen (secondary N) is 1. The van der Waals surface area contributed by atoms with Crippen LogP contribution in [0.2, 0.25) is 0 Å². The van der Waals surface area contributed by atoms with E-state index in [1.807, 2.05) is 6.08 Å². The van der Waals surface area contributed by atoms with Crippen LogP contribution in [0.15, 0.2) is 12.7 Å². The van der Waals surface area contributed by atoms with Gasteiger partial charge in [0.25, 0.3) is 0 Å². The topological polar surface area (TPSA) is 29.9 Å². The minimum Gasteiger partial charge on any atom is -0.310 e. The van der Waals surface area contributed by atoms with E-state index in [1.165, 1.54) is 11.3 Å². The number of rotatable bonds is 6. The van der Waals surface area contributed by atoms with Crippen LogP contribution >= 0.6 is 0 Å². The molecule has 1 aromatic rings. The van der Waals surface area contributed by atoms with Gasteiger partial charge in [-0.25, -0.2) is 0 Å². The Hall–Kier alpha value is -1.09. The van der Waals surface area contributed by atoms with Crippen LogP contribution in [0.4, 0.5) is 0 Å². The van der Waals surface area contributed by atoms with E-state index in [2.05, 4.69) is 49.4 Å². The summed E-state index contributed by atoms with van der Waals surface area (Å²) in [6, 6.07) is 0.473. The molecule has 0 fully saturated rings. The van der Waals surface area contributed by atoms with Crippen molar-refractivity contribution >= 4 is 0 Å². The Kier molecular flexibility index (Phi) is 4.74. The number of hydrogen-bond donors (Lipinski definition) is 1. The lowest BCUT2D eigenvalue weighted by atomic mass is 10.1. The molecule has 0 bridgehead atoms. The maximum Gasteiger partial charge on any atom is 0.0641 e. The highest BCUT2D eigenvalue weighted by molar-refractivity contribution is 5.24. The van der Waals surface area contributed by atoms with Gasteiger partial charge < -0.3 is 5.32 Å². The highest BCUT2D eigenvalue weighted by atomic mass is 15.3. The molecule has 0 aromatic carbocycles. The molecule has 90 valence electrons. The fourth-order valence-electron chi connectivity index (χ4n) is 1.91.